The van der Waals surface area contributed by atoms with Gasteiger partial charge in [0.2, 0.25) is 0 Å². The average molecular weight is 358 g/mol. The Hall–Kier alpha value is -1.68. The van der Waals surface area contributed by atoms with Gasteiger partial charge in [0.15, 0.2) is 5.43 Å². The van der Waals surface area contributed by atoms with Crippen LogP contribution in [0.5, 0.6) is 0 Å². The van der Waals surface area contributed by atoms with Crippen LogP contribution < -0.4 is 11.2 Å². The van der Waals surface area contributed by atoms with E-state index in [9.17, 15) is 4.79 Å². The molecular formula is C20H20ClNOS. The minimum Gasteiger partial charge on any atom is -0.323 e. The number of benzene rings is 2. The van der Waals surface area contributed by atoms with Gasteiger partial charge >= 0.3 is 0 Å². The standard InChI is InChI=1S/C20H20ClNOS/c1-12(2)18(22)20-16(10-13-6-4-3-5-7-13)19(23)15-9-8-14(21)11-17(15)24-20/h3-9,11-12,18H,10,22H2,1-2H3. The van der Waals surface area contributed by atoms with Gasteiger partial charge in [0.1, 0.15) is 0 Å². The third kappa shape index (κ3) is 3.39. The first-order valence-electron chi connectivity index (χ1n) is 8.02. The van der Waals surface area contributed by atoms with Gasteiger partial charge in [-0.05, 0) is 29.7 Å². The molecule has 0 aliphatic carbocycles. The normalized spacial score (nSPS) is 12.7. The molecule has 0 aliphatic heterocycles. The zero-order valence-corrected chi connectivity index (χ0v) is 15.3. The largest absolute Gasteiger partial charge is 0.323 e. The van der Waals surface area contributed by atoms with Crippen LogP contribution in [0.1, 0.15) is 35.9 Å². The topological polar surface area (TPSA) is 43.1 Å². The summed E-state index contributed by atoms with van der Waals surface area (Å²) in [6, 6.07) is 15.3. The molecule has 0 radical (unpaired) electrons. The molecular weight excluding hydrogens is 338 g/mol. The summed E-state index contributed by atoms with van der Waals surface area (Å²) in [5.41, 5.74) is 8.42. The summed E-state index contributed by atoms with van der Waals surface area (Å²) in [5, 5.41) is 1.35. The Morgan fingerprint density at radius 3 is 2.50 bits per heavy atom. The molecule has 2 nitrogen and oxygen atoms in total. The molecule has 2 N–H and O–H groups in total. The highest BCUT2D eigenvalue weighted by molar-refractivity contribution is 7.18. The minimum absolute atomic E-state index is 0.0652. The van der Waals surface area contributed by atoms with Gasteiger partial charge in [0.25, 0.3) is 0 Å². The number of hydrogen-bond donors (Lipinski definition) is 1. The van der Waals surface area contributed by atoms with Crippen molar-refractivity contribution in [3.05, 3.63) is 79.8 Å². The van der Waals surface area contributed by atoms with Crippen LogP contribution in [0.2, 0.25) is 5.02 Å². The molecule has 1 heterocycles. The zero-order chi connectivity index (χ0) is 17.3. The maximum atomic E-state index is 13.1. The van der Waals surface area contributed by atoms with E-state index in [1.54, 1.807) is 17.4 Å². The molecule has 0 bridgehead atoms. The lowest BCUT2D eigenvalue weighted by molar-refractivity contribution is 0.518. The van der Waals surface area contributed by atoms with E-state index in [1.807, 2.05) is 42.5 Å². The van der Waals surface area contributed by atoms with E-state index in [2.05, 4.69) is 13.8 Å². The van der Waals surface area contributed by atoms with Crippen LogP contribution in [0.3, 0.4) is 0 Å². The lowest BCUT2D eigenvalue weighted by atomic mass is 9.96. The zero-order valence-electron chi connectivity index (χ0n) is 13.8. The second kappa shape index (κ2) is 7.06. The van der Waals surface area contributed by atoms with Crippen LogP contribution in [0.25, 0.3) is 10.1 Å². The lowest BCUT2D eigenvalue weighted by Gasteiger charge is -2.19. The third-order valence-electron chi connectivity index (χ3n) is 4.22. The Labute approximate surface area is 150 Å². The van der Waals surface area contributed by atoms with Crippen LogP contribution >= 0.6 is 22.9 Å². The fourth-order valence-electron chi connectivity index (χ4n) is 2.76. The monoisotopic (exact) mass is 357 g/mol. The van der Waals surface area contributed by atoms with Gasteiger partial charge in [-0.3, -0.25) is 4.79 Å². The second-order valence-corrected chi connectivity index (χ2v) is 7.87. The first-order chi connectivity index (χ1) is 11.5. The van der Waals surface area contributed by atoms with Crippen molar-refractivity contribution in [1.82, 2.24) is 0 Å². The van der Waals surface area contributed by atoms with Crippen LogP contribution in [-0.2, 0) is 6.42 Å². The molecule has 0 saturated heterocycles. The molecule has 0 saturated carbocycles. The number of fused-ring (bicyclic) bond motifs is 1. The number of halogens is 1. The highest BCUT2D eigenvalue weighted by Gasteiger charge is 2.20. The van der Waals surface area contributed by atoms with Gasteiger partial charge in [0, 0.05) is 38.0 Å². The predicted octanol–water partition coefficient (Wildman–Crippen LogP) is 5.16. The van der Waals surface area contributed by atoms with E-state index in [1.165, 1.54) is 0 Å². The molecule has 3 rings (SSSR count). The van der Waals surface area contributed by atoms with Crippen molar-refractivity contribution in [2.75, 3.05) is 0 Å². The van der Waals surface area contributed by atoms with E-state index >= 15 is 0 Å². The fraction of sp³-hybridized carbons (Fsp3) is 0.250. The van der Waals surface area contributed by atoms with E-state index in [0.29, 0.717) is 11.4 Å². The van der Waals surface area contributed by atoms with E-state index in [-0.39, 0.29) is 17.4 Å². The Balaban J connectivity index is 2.24. The van der Waals surface area contributed by atoms with Gasteiger partial charge in [-0.25, -0.2) is 0 Å². The SMILES string of the molecule is CC(C)C(N)c1sc2cc(Cl)ccc2c(=O)c1Cc1ccccc1. The quantitative estimate of drug-likeness (QED) is 0.700. The Morgan fingerprint density at radius 1 is 1.12 bits per heavy atom. The van der Waals surface area contributed by atoms with Crippen molar-refractivity contribution in [2.24, 2.45) is 11.7 Å². The molecule has 3 aromatic rings. The molecule has 1 aromatic heterocycles. The molecule has 1 unspecified atom stereocenters. The molecule has 0 spiro atoms. The van der Waals surface area contributed by atoms with Gasteiger partial charge in [0.05, 0.1) is 0 Å². The Bertz CT molecular complexity index is 918. The van der Waals surface area contributed by atoms with E-state index in [0.717, 1.165) is 26.1 Å². The number of hydrogen-bond acceptors (Lipinski definition) is 3. The third-order valence-corrected chi connectivity index (χ3v) is 5.76. The summed E-state index contributed by atoms with van der Waals surface area (Å²) >= 11 is 7.70. The van der Waals surface area contributed by atoms with Gasteiger partial charge < -0.3 is 5.73 Å². The minimum atomic E-state index is -0.162. The highest BCUT2D eigenvalue weighted by Crippen LogP contribution is 2.32. The van der Waals surface area contributed by atoms with E-state index < -0.39 is 0 Å². The second-order valence-electron chi connectivity index (χ2n) is 6.35. The average Bonchev–Trinajstić information content (AvgIpc) is 2.57. The molecule has 4 heteroatoms. The first-order valence-corrected chi connectivity index (χ1v) is 9.21. The summed E-state index contributed by atoms with van der Waals surface area (Å²) in [5.74, 6) is 0.256. The molecule has 124 valence electrons. The predicted molar refractivity (Wildman–Crippen MR) is 104 cm³/mol. The smallest absolute Gasteiger partial charge is 0.191 e. The van der Waals surface area contributed by atoms with Crippen molar-refractivity contribution in [2.45, 2.75) is 26.3 Å². The Morgan fingerprint density at radius 2 is 1.83 bits per heavy atom. The van der Waals surface area contributed by atoms with Gasteiger partial charge in [-0.15, -0.1) is 11.3 Å². The molecule has 24 heavy (non-hydrogen) atoms. The molecule has 1 atom stereocenters. The van der Waals surface area contributed by atoms with Crippen molar-refractivity contribution in [3.8, 4) is 0 Å². The first kappa shape index (κ1) is 17.2. The highest BCUT2D eigenvalue weighted by atomic mass is 35.5. The van der Waals surface area contributed by atoms with E-state index in [4.69, 9.17) is 17.3 Å². The van der Waals surface area contributed by atoms with Crippen molar-refractivity contribution in [1.29, 1.82) is 0 Å². The maximum absolute atomic E-state index is 13.1. The van der Waals surface area contributed by atoms with Crippen LogP contribution in [-0.4, -0.2) is 0 Å². The number of nitrogens with two attached hydrogens (primary N) is 1. The Kier molecular flexibility index (Phi) is 5.04. The molecule has 0 fully saturated rings. The van der Waals surface area contributed by atoms with Crippen LogP contribution in [0.4, 0.5) is 0 Å². The van der Waals surface area contributed by atoms with Crippen LogP contribution in [0.15, 0.2) is 53.3 Å². The molecule has 0 aliphatic rings. The van der Waals surface area contributed by atoms with Gasteiger partial charge in [-0.2, -0.15) is 0 Å². The lowest BCUT2D eigenvalue weighted by Crippen LogP contribution is -2.22. The summed E-state index contributed by atoms with van der Waals surface area (Å²) < 4.78 is 0.899. The molecule has 2 aromatic carbocycles. The van der Waals surface area contributed by atoms with Crippen molar-refractivity contribution < 1.29 is 0 Å². The maximum Gasteiger partial charge on any atom is 0.191 e. The van der Waals surface area contributed by atoms with Gasteiger partial charge in [-0.1, -0.05) is 55.8 Å². The number of rotatable bonds is 4. The van der Waals surface area contributed by atoms with Crippen molar-refractivity contribution >= 4 is 33.0 Å². The molecule has 0 amide bonds. The summed E-state index contributed by atoms with van der Waals surface area (Å²) in [6.07, 6.45) is 0.602. The summed E-state index contributed by atoms with van der Waals surface area (Å²) in [6.45, 7) is 4.16. The summed E-state index contributed by atoms with van der Waals surface area (Å²) in [4.78, 5) is 14.1. The van der Waals surface area contributed by atoms with Crippen LogP contribution in [0, 0.1) is 5.92 Å². The fourth-order valence-corrected chi connectivity index (χ4v) is 4.39. The summed E-state index contributed by atoms with van der Waals surface area (Å²) in [7, 11) is 0. The van der Waals surface area contributed by atoms with Crippen molar-refractivity contribution in [3.63, 3.8) is 0 Å².